The Balaban J connectivity index is 2.00. The van der Waals surface area contributed by atoms with Crippen LogP contribution in [-0.4, -0.2) is 13.1 Å². The molecule has 14 heavy (non-hydrogen) atoms. The van der Waals surface area contributed by atoms with Crippen molar-refractivity contribution in [3.8, 4) is 0 Å². The molecule has 0 saturated heterocycles. The molecule has 1 rings (SSSR count). The summed E-state index contributed by atoms with van der Waals surface area (Å²) in [5, 5.41) is 3.38. The Morgan fingerprint density at radius 1 is 1.43 bits per heavy atom. The topological polar surface area (TPSA) is 12.0 Å². The molecular weight excluding hydrogens is 194 g/mol. The van der Waals surface area contributed by atoms with Crippen LogP contribution >= 0.6 is 11.6 Å². The Kier molecular flexibility index (Phi) is 6.29. The van der Waals surface area contributed by atoms with E-state index in [1.54, 1.807) is 5.54 Å². The molecule has 1 nitrogen and oxygen atoms in total. The van der Waals surface area contributed by atoms with Gasteiger partial charge in [-0.1, -0.05) is 43.9 Å². The maximum Gasteiger partial charge on any atom is 0.0146 e. The van der Waals surface area contributed by atoms with E-state index in [9.17, 15) is 0 Å². The van der Waals surface area contributed by atoms with Crippen LogP contribution in [0.4, 0.5) is 0 Å². The van der Waals surface area contributed by atoms with E-state index in [2.05, 4.69) is 12.2 Å². The third kappa shape index (κ3) is 5.02. The minimum atomic E-state index is 0.909. The molecule has 0 aromatic rings. The minimum Gasteiger partial charge on any atom is -0.313 e. The lowest BCUT2D eigenvalue weighted by Gasteiger charge is -2.26. The van der Waals surface area contributed by atoms with Crippen molar-refractivity contribution in [3.63, 3.8) is 0 Å². The maximum atomic E-state index is 5.43. The minimum absolute atomic E-state index is 0.909. The molecule has 2 atom stereocenters. The second-order valence-corrected chi connectivity index (χ2v) is 4.74. The lowest BCUT2D eigenvalue weighted by Crippen LogP contribution is -2.21. The first-order valence-electron chi connectivity index (χ1n) is 5.79. The summed E-state index contributed by atoms with van der Waals surface area (Å²) in [4.78, 5) is 0. The van der Waals surface area contributed by atoms with Crippen LogP contribution in [0.5, 0.6) is 0 Å². The number of hydrogen-bond donors (Lipinski definition) is 1. The summed E-state index contributed by atoms with van der Waals surface area (Å²) in [5.41, 5.74) is 1.58. The second kappa shape index (κ2) is 7.30. The SMILES string of the molecule is CC1CCCC(CCNC/C=C/Cl)C1. The van der Waals surface area contributed by atoms with Crippen molar-refractivity contribution in [1.82, 2.24) is 5.32 Å². The average Bonchev–Trinajstić information content (AvgIpc) is 2.18. The zero-order valence-corrected chi connectivity index (χ0v) is 9.89. The monoisotopic (exact) mass is 215 g/mol. The molecule has 82 valence electrons. The Bertz CT molecular complexity index is 168. The van der Waals surface area contributed by atoms with Gasteiger partial charge in [0.1, 0.15) is 0 Å². The van der Waals surface area contributed by atoms with E-state index in [-0.39, 0.29) is 0 Å². The normalized spacial score (nSPS) is 28.4. The van der Waals surface area contributed by atoms with Gasteiger partial charge in [0.25, 0.3) is 0 Å². The summed E-state index contributed by atoms with van der Waals surface area (Å²) in [5.74, 6) is 1.92. The van der Waals surface area contributed by atoms with E-state index in [0.717, 1.165) is 24.9 Å². The summed E-state index contributed by atoms with van der Waals surface area (Å²) in [6.45, 7) is 4.43. The molecule has 0 aromatic carbocycles. The van der Waals surface area contributed by atoms with E-state index < -0.39 is 0 Å². The first-order chi connectivity index (χ1) is 6.83. The van der Waals surface area contributed by atoms with Crippen LogP contribution in [-0.2, 0) is 0 Å². The molecular formula is C12H22ClN. The Morgan fingerprint density at radius 3 is 3.00 bits per heavy atom. The highest BCUT2D eigenvalue weighted by atomic mass is 35.5. The lowest BCUT2D eigenvalue weighted by molar-refractivity contribution is 0.268. The van der Waals surface area contributed by atoms with Gasteiger partial charge in [0.05, 0.1) is 0 Å². The molecule has 1 fully saturated rings. The molecule has 1 aliphatic carbocycles. The van der Waals surface area contributed by atoms with Gasteiger partial charge in [-0.2, -0.15) is 0 Å². The van der Waals surface area contributed by atoms with Gasteiger partial charge in [-0.15, -0.1) is 0 Å². The van der Waals surface area contributed by atoms with Gasteiger partial charge in [-0.3, -0.25) is 0 Å². The molecule has 0 radical (unpaired) electrons. The van der Waals surface area contributed by atoms with Crippen molar-refractivity contribution in [1.29, 1.82) is 0 Å². The Hall–Kier alpha value is -0.0100. The number of hydrogen-bond acceptors (Lipinski definition) is 1. The zero-order chi connectivity index (χ0) is 10.2. The number of rotatable bonds is 5. The molecule has 0 amide bonds. The molecule has 0 heterocycles. The van der Waals surface area contributed by atoms with Crippen molar-refractivity contribution >= 4 is 11.6 Å². The van der Waals surface area contributed by atoms with E-state index >= 15 is 0 Å². The summed E-state index contributed by atoms with van der Waals surface area (Å²) < 4.78 is 0. The van der Waals surface area contributed by atoms with E-state index in [4.69, 9.17) is 11.6 Å². The lowest BCUT2D eigenvalue weighted by atomic mass is 9.81. The van der Waals surface area contributed by atoms with Crippen LogP contribution in [0.25, 0.3) is 0 Å². The van der Waals surface area contributed by atoms with Gasteiger partial charge in [0, 0.05) is 12.1 Å². The molecule has 0 spiro atoms. The highest BCUT2D eigenvalue weighted by Gasteiger charge is 2.17. The third-order valence-electron chi connectivity index (χ3n) is 3.13. The Labute approximate surface area is 92.9 Å². The standard InChI is InChI=1S/C12H22ClN/c1-11-4-2-5-12(10-11)6-9-14-8-3-7-13/h3,7,11-12,14H,2,4-6,8-10H2,1H3/b7-3+. The summed E-state index contributed by atoms with van der Waals surface area (Å²) in [7, 11) is 0. The van der Waals surface area contributed by atoms with Gasteiger partial charge in [-0.25, -0.2) is 0 Å². The van der Waals surface area contributed by atoms with Crippen LogP contribution in [0.3, 0.4) is 0 Å². The molecule has 1 saturated carbocycles. The predicted octanol–water partition coefficient (Wildman–Crippen LogP) is 3.54. The van der Waals surface area contributed by atoms with E-state index in [1.165, 1.54) is 32.1 Å². The van der Waals surface area contributed by atoms with Crippen molar-refractivity contribution in [2.75, 3.05) is 13.1 Å². The van der Waals surface area contributed by atoms with E-state index in [0.29, 0.717) is 0 Å². The fraction of sp³-hybridized carbons (Fsp3) is 0.833. The fourth-order valence-corrected chi connectivity index (χ4v) is 2.45. The maximum absolute atomic E-state index is 5.43. The van der Waals surface area contributed by atoms with Gasteiger partial charge >= 0.3 is 0 Å². The molecule has 2 unspecified atom stereocenters. The quantitative estimate of drug-likeness (QED) is 0.692. The molecule has 0 aliphatic heterocycles. The van der Waals surface area contributed by atoms with Gasteiger partial charge in [0.15, 0.2) is 0 Å². The molecule has 0 aromatic heterocycles. The van der Waals surface area contributed by atoms with Gasteiger partial charge in [0.2, 0.25) is 0 Å². The third-order valence-corrected chi connectivity index (χ3v) is 3.30. The second-order valence-electron chi connectivity index (χ2n) is 4.49. The van der Waals surface area contributed by atoms with Gasteiger partial charge < -0.3 is 5.32 Å². The largest absolute Gasteiger partial charge is 0.313 e. The smallest absolute Gasteiger partial charge is 0.0146 e. The van der Waals surface area contributed by atoms with Crippen molar-refractivity contribution < 1.29 is 0 Å². The van der Waals surface area contributed by atoms with Crippen molar-refractivity contribution in [2.45, 2.75) is 39.0 Å². The van der Waals surface area contributed by atoms with Crippen LogP contribution in [0.2, 0.25) is 0 Å². The summed E-state index contributed by atoms with van der Waals surface area (Å²) in [6.07, 6.45) is 9.04. The van der Waals surface area contributed by atoms with Crippen LogP contribution in [0, 0.1) is 11.8 Å². The molecule has 2 heteroatoms. The molecule has 1 N–H and O–H groups in total. The zero-order valence-electron chi connectivity index (χ0n) is 9.14. The average molecular weight is 216 g/mol. The van der Waals surface area contributed by atoms with Crippen molar-refractivity contribution in [3.05, 3.63) is 11.6 Å². The predicted molar refractivity (Wildman–Crippen MR) is 63.6 cm³/mol. The van der Waals surface area contributed by atoms with Crippen LogP contribution in [0.15, 0.2) is 11.6 Å². The first-order valence-corrected chi connectivity index (χ1v) is 6.22. The van der Waals surface area contributed by atoms with Crippen LogP contribution in [0.1, 0.15) is 39.0 Å². The fourth-order valence-electron chi connectivity index (χ4n) is 2.36. The molecule has 1 aliphatic rings. The first kappa shape index (κ1) is 12.1. The summed E-state index contributed by atoms with van der Waals surface area (Å²) >= 11 is 5.43. The molecule has 0 bridgehead atoms. The summed E-state index contributed by atoms with van der Waals surface area (Å²) in [6, 6.07) is 0. The highest BCUT2D eigenvalue weighted by Crippen LogP contribution is 2.30. The number of halogens is 1. The van der Waals surface area contributed by atoms with E-state index in [1.807, 2.05) is 6.08 Å². The van der Waals surface area contributed by atoms with Gasteiger partial charge in [-0.05, 0) is 31.2 Å². The Morgan fingerprint density at radius 2 is 2.29 bits per heavy atom. The van der Waals surface area contributed by atoms with Crippen molar-refractivity contribution in [2.24, 2.45) is 11.8 Å². The number of nitrogens with one attached hydrogen (secondary N) is 1. The highest BCUT2D eigenvalue weighted by molar-refractivity contribution is 6.25. The van der Waals surface area contributed by atoms with Crippen LogP contribution < -0.4 is 5.32 Å².